The summed E-state index contributed by atoms with van der Waals surface area (Å²) in [4.78, 5) is 0. The fourth-order valence-electron chi connectivity index (χ4n) is 1.52. The Bertz CT molecular complexity index is 490. The molecule has 0 radical (unpaired) electrons. The van der Waals surface area contributed by atoms with Gasteiger partial charge in [-0.1, -0.05) is 12.1 Å². The maximum Gasteiger partial charge on any atom is 0.235 e. The molecule has 1 fully saturated rings. The van der Waals surface area contributed by atoms with Crippen molar-refractivity contribution < 1.29 is 8.42 Å². The van der Waals surface area contributed by atoms with E-state index in [2.05, 4.69) is 10.0 Å². The molecule has 1 aromatic carbocycles. The van der Waals surface area contributed by atoms with Crippen LogP contribution in [-0.2, 0) is 16.6 Å². The fourth-order valence-corrected chi connectivity index (χ4v) is 2.22. The van der Waals surface area contributed by atoms with Crippen molar-refractivity contribution in [3.8, 4) is 0 Å². The van der Waals surface area contributed by atoms with E-state index in [0.29, 0.717) is 11.7 Å². The van der Waals surface area contributed by atoms with Crippen molar-refractivity contribution in [3.63, 3.8) is 0 Å². The first-order valence-electron chi connectivity index (χ1n) is 6.31. The summed E-state index contributed by atoms with van der Waals surface area (Å²) in [6, 6.07) is 8.21. The first-order valence-corrected chi connectivity index (χ1v) is 7.86. The van der Waals surface area contributed by atoms with Gasteiger partial charge in [-0.3, -0.25) is 4.72 Å². The van der Waals surface area contributed by atoms with Gasteiger partial charge in [-0.25, -0.2) is 8.42 Å². The maximum absolute atomic E-state index is 11.7. The number of hydrogen-bond donors (Lipinski definition) is 2. The Balaban J connectivity index is 1.94. The molecule has 18 heavy (non-hydrogen) atoms. The normalized spacial score (nSPS) is 15.9. The van der Waals surface area contributed by atoms with Gasteiger partial charge in [0.1, 0.15) is 0 Å². The van der Waals surface area contributed by atoms with Gasteiger partial charge in [0.15, 0.2) is 0 Å². The minimum absolute atomic E-state index is 0.422. The first-order chi connectivity index (χ1) is 8.47. The molecule has 0 amide bonds. The van der Waals surface area contributed by atoms with E-state index in [1.54, 1.807) is 13.8 Å². The number of hydrogen-bond acceptors (Lipinski definition) is 3. The van der Waals surface area contributed by atoms with Gasteiger partial charge < -0.3 is 5.32 Å². The van der Waals surface area contributed by atoms with E-state index in [1.165, 1.54) is 18.4 Å². The predicted molar refractivity (Wildman–Crippen MR) is 74.0 cm³/mol. The quantitative estimate of drug-likeness (QED) is 0.830. The van der Waals surface area contributed by atoms with Crippen LogP contribution in [-0.4, -0.2) is 19.7 Å². The number of rotatable bonds is 6. The van der Waals surface area contributed by atoms with Crippen LogP contribution in [0.1, 0.15) is 32.3 Å². The molecule has 1 saturated carbocycles. The number of anilines is 1. The number of nitrogens with one attached hydrogen (secondary N) is 2. The van der Waals surface area contributed by atoms with Gasteiger partial charge in [0.05, 0.1) is 5.25 Å². The summed E-state index contributed by atoms with van der Waals surface area (Å²) in [6.45, 7) is 4.17. The third-order valence-electron chi connectivity index (χ3n) is 3.01. The molecule has 0 saturated heterocycles. The third-order valence-corrected chi connectivity index (χ3v) is 4.77. The molecule has 1 aromatic rings. The monoisotopic (exact) mass is 268 g/mol. The Morgan fingerprint density at radius 1 is 1.22 bits per heavy atom. The highest BCUT2D eigenvalue weighted by Gasteiger charge is 2.20. The third kappa shape index (κ3) is 3.71. The molecule has 2 rings (SSSR count). The number of sulfonamides is 1. The highest BCUT2D eigenvalue weighted by atomic mass is 32.2. The molecular weight excluding hydrogens is 248 g/mol. The molecule has 0 atom stereocenters. The van der Waals surface area contributed by atoms with Crippen molar-refractivity contribution in [3.05, 3.63) is 29.8 Å². The molecule has 0 aromatic heterocycles. The maximum atomic E-state index is 11.7. The largest absolute Gasteiger partial charge is 0.310 e. The summed E-state index contributed by atoms with van der Waals surface area (Å²) in [5.74, 6) is 0. The lowest BCUT2D eigenvalue weighted by atomic mass is 10.2. The average Bonchev–Trinajstić information content (AvgIpc) is 3.11. The minimum Gasteiger partial charge on any atom is -0.310 e. The van der Waals surface area contributed by atoms with E-state index in [4.69, 9.17) is 0 Å². The summed E-state index contributed by atoms with van der Waals surface area (Å²) >= 11 is 0. The van der Waals surface area contributed by atoms with Gasteiger partial charge in [-0.2, -0.15) is 0 Å². The van der Waals surface area contributed by atoms with Crippen LogP contribution in [0, 0.1) is 0 Å². The molecule has 100 valence electrons. The zero-order valence-corrected chi connectivity index (χ0v) is 11.6. The zero-order chi connectivity index (χ0) is 13.2. The Morgan fingerprint density at radius 2 is 1.83 bits per heavy atom. The lowest BCUT2D eigenvalue weighted by molar-refractivity contribution is 0.593. The van der Waals surface area contributed by atoms with E-state index >= 15 is 0 Å². The van der Waals surface area contributed by atoms with Crippen LogP contribution in [0.3, 0.4) is 0 Å². The van der Waals surface area contributed by atoms with E-state index in [0.717, 1.165) is 6.54 Å². The second-order valence-corrected chi connectivity index (χ2v) is 7.28. The van der Waals surface area contributed by atoms with Crippen molar-refractivity contribution in [1.29, 1.82) is 0 Å². The molecule has 0 heterocycles. The SMILES string of the molecule is CC(C)S(=O)(=O)Nc1ccc(CNC2CC2)cc1. The Kier molecular flexibility index (Phi) is 3.92. The zero-order valence-electron chi connectivity index (χ0n) is 10.8. The van der Waals surface area contributed by atoms with Crippen LogP contribution in [0.5, 0.6) is 0 Å². The molecule has 4 nitrogen and oxygen atoms in total. The average molecular weight is 268 g/mol. The minimum atomic E-state index is -3.25. The van der Waals surface area contributed by atoms with Crippen molar-refractivity contribution >= 4 is 15.7 Å². The molecule has 0 bridgehead atoms. The van der Waals surface area contributed by atoms with Crippen molar-refractivity contribution in [2.45, 2.75) is 44.5 Å². The highest BCUT2D eigenvalue weighted by molar-refractivity contribution is 7.93. The van der Waals surface area contributed by atoms with Crippen molar-refractivity contribution in [1.82, 2.24) is 5.32 Å². The summed E-state index contributed by atoms with van der Waals surface area (Å²) in [5, 5.41) is 3.00. The molecular formula is C13H20N2O2S. The van der Waals surface area contributed by atoms with E-state index in [1.807, 2.05) is 24.3 Å². The van der Waals surface area contributed by atoms with Gasteiger partial charge >= 0.3 is 0 Å². The van der Waals surface area contributed by atoms with E-state index in [9.17, 15) is 8.42 Å². The Morgan fingerprint density at radius 3 is 2.33 bits per heavy atom. The summed E-state index contributed by atoms with van der Waals surface area (Å²) in [6.07, 6.45) is 2.54. The fraction of sp³-hybridized carbons (Fsp3) is 0.538. The van der Waals surface area contributed by atoms with Gasteiger partial charge in [0.25, 0.3) is 0 Å². The summed E-state index contributed by atoms with van der Waals surface area (Å²) in [5.41, 5.74) is 1.80. The summed E-state index contributed by atoms with van der Waals surface area (Å²) in [7, 11) is -3.25. The smallest absolute Gasteiger partial charge is 0.235 e. The van der Waals surface area contributed by atoms with E-state index in [-0.39, 0.29) is 0 Å². The van der Waals surface area contributed by atoms with Crippen LogP contribution < -0.4 is 10.0 Å². The van der Waals surface area contributed by atoms with Crippen LogP contribution in [0.4, 0.5) is 5.69 Å². The molecule has 0 unspecified atom stereocenters. The first kappa shape index (κ1) is 13.4. The van der Waals surface area contributed by atoms with Crippen molar-refractivity contribution in [2.75, 3.05) is 4.72 Å². The van der Waals surface area contributed by atoms with Gasteiger partial charge in [-0.15, -0.1) is 0 Å². The lowest BCUT2D eigenvalue weighted by Gasteiger charge is -2.11. The molecule has 5 heteroatoms. The molecule has 2 N–H and O–H groups in total. The Labute approximate surface area is 109 Å². The van der Waals surface area contributed by atoms with Gasteiger partial charge in [0, 0.05) is 18.3 Å². The Hall–Kier alpha value is -1.07. The van der Waals surface area contributed by atoms with Crippen LogP contribution in [0.15, 0.2) is 24.3 Å². The van der Waals surface area contributed by atoms with E-state index < -0.39 is 15.3 Å². The lowest BCUT2D eigenvalue weighted by Crippen LogP contribution is -2.22. The number of benzene rings is 1. The molecule has 0 spiro atoms. The van der Waals surface area contributed by atoms with Gasteiger partial charge in [0.2, 0.25) is 10.0 Å². The predicted octanol–water partition coefficient (Wildman–Crippen LogP) is 2.09. The standard InChI is InChI=1S/C13H20N2O2S/c1-10(2)18(16,17)15-13-5-3-11(4-6-13)9-14-12-7-8-12/h3-6,10,12,14-15H,7-9H2,1-2H3. The van der Waals surface area contributed by atoms with Crippen LogP contribution in [0.25, 0.3) is 0 Å². The summed E-state index contributed by atoms with van der Waals surface area (Å²) < 4.78 is 25.9. The van der Waals surface area contributed by atoms with Crippen LogP contribution in [0.2, 0.25) is 0 Å². The topological polar surface area (TPSA) is 58.2 Å². The van der Waals surface area contributed by atoms with Crippen LogP contribution >= 0.6 is 0 Å². The van der Waals surface area contributed by atoms with Crippen molar-refractivity contribution in [2.24, 2.45) is 0 Å². The van der Waals surface area contributed by atoms with Gasteiger partial charge in [-0.05, 0) is 44.4 Å². The molecule has 1 aliphatic carbocycles. The second kappa shape index (κ2) is 5.28. The molecule has 1 aliphatic rings. The second-order valence-electron chi connectivity index (χ2n) is 5.05. The molecule has 0 aliphatic heterocycles. The highest BCUT2D eigenvalue weighted by Crippen LogP contribution is 2.20.